The molecule has 0 saturated carbocycles. The van der Waals surface area contributed by atoms with Gasteiger partial charge in [-0.1, -0.05) is 6.07 Å². The molecule has 0 aliphatic carbocycles. The third-order valence-electron chi connectivity index (χ3n) is 4.32. The number of rotatable bonds is 4. The summed E-state index contributed by atoms with van der Waals surface area (Å²) < 4.78 is 10.3. The first-order valence-corrected chi connectivity index (χ1v) is 7.95. The van der Waals surface area contributed by atoms with Crippen LogP contribution in [-0.2, 0) is 5.60 Å². The van der Waals surface area contributed by atoms with Gasteiger partial charge in [0.1, 0.15) is 17.0 Å². The fourth-order valence-corrected chi connectivity index (χ4v) is 2.88. The predicted octanol–water partition coefficient (Wildman–Crippen LogP) is 1.01. The average Bonchev–Trinajstić information content (AvgIpc) is 2.68. The number of methoxy groups -OCH3 is 2. The summed E-state index contributed by atoms with van der Waals surface area (Å²) in [6.45, 7) is 0.783. The highest BCUT2D eigenvalue weighted by molar-refractivity contribution is 5.92. The molecular formula is C17H20N4O4. The first kappa shape index (κ1) is 17.1. The molecular weight excluding hydrogens is 324 g/mol. The van der Waals surface area contributed by atoms with Gasteiger partial charge in [0.2, 0.25) is 11.8 Å². The zero-order valence-corrected chi connectivity index (χ0v) is 14.2. The molecule has 0 spiro atoms. The Morgan fingerprint density at radius 3 is 2.56 bits per heavy atom. The van der Waals surface area contributed by atoms with E-state index in [9.17, 15) is 9.90 Å². The first-order valence-electron chi connectivity index (χ1n) is 7.95. The van der Waals surface area contributed by atoms with Crippen LogP contribution in [0, 0.1) is 0 Å². The summed E-state index contributed by atoms with van der Waals surface area (Å²) >= 11 is 0. The number of likely N-dealkylation sites (tertiary alicyclic amines) is 1. The van der Waals surface area contributed by atoms with Gasteiger partial charge in [-0.05, 0) is 25.0 Å². The van der Waals surface area contributed by atoms with E-state index in [1.54, 1.807) is 29.3 Å². The molecule has 25 heavy (non-hydrogen) atoms. The number of hydrogen-bond acceptors (Lipinski definition) is 7. The lowest BCUT2D eigenvalue weighted by Crippen LogP contribution is -2.46. The topological polar surface area (TPSA) is 97.7 Å². The van der Waals surface area contributed by atoms with E-state index < -0.39 is 5.60 Å². The second-order valence-electron chi connectivity index (χ2n) is 5.81. The van der Waals surface area contributed by atoms with Crippen LogP contribution >= 0.6 is 0 Å². The quantitative estimate of drug-likeness (QED) is 0.884. The molecule has 0 bridgehead atoms. The van der Waals surface area contributed by atoms with Gasteiger partial charge in [0, 0.05) is 19.3 Å². The number of piperidine rings is 1. The summed E-state index contributed by atoms with van der Waals surface area (Å²) in [5, 5.41) is 11.0. The molecule has 0 atom stereocenters. The zero-order chi connectivity index (χ0) is 17.9. The molecule has 2 aromatic heterocycles. The molecule has 1 aliphatic heterocycles. The van der Waals surface area contributed by atoms with Gasteiger partial charge in [-0.15, -0.1) is 0 Å². The molecule has 1 fully saturated rings. The Hall–Kier alpha value is -2.74. The molecule has 0 unspecified atom stereocenters. The summed E-state index contributed by atoms with van der Waals surface area (Å²) in [6.07, 6.45) is 3.71. The third kappa shape index (κ3) is 3.39. The molecule has 1 aliphatic rings. The summed E-state index contributed by atoms with van der Waals surface area (Å²) in [4.78, 5) is 26.7. The van der Waals surface area contributed by atoms with E-state index in [1.807, 2.05) is 0 Å². The molecule has 8 nitrogen and oxygen atoms in total. The Balaban J connectivity index is 1.76. The van der Waals surface area contributed by atoms with E-state index >= 15 is 0 Å². The second-order valence-corrected chi connectivity index (χ2v) is 5.81. The Morgan fingerprint density at radius 2 is 1.96 bits per heavy atom. The van der Waals surface area contributed by atoms with Crippen molar-refractivity contribution >= 4 is 5.91 Å². The Kier molecular flexibility index (Phi) is 4.80. The fourth-order valence-electron chi connectivity index (χ4n) is 2.88. The van der Waals surface area contributed by atoms with Crippen LogP contribution in [0.3, 0.4) is 0 Å². The number of amides is 1. The first-order chi connectivity index (χ1) is 12.1. The number of nitrogens with zero attached hydrogens (tertiary/aromatic N) is 4. The van der Waals surface area contributed by atoms with Crippen molar-refractivity contribution < 1.29 is 19.4 Å². The van der Waals surface area contributed by atoms with Gasteiger partial charge in [0.05, 0.1) is 20.4 Å². The second kappa shape index (κ2) is 7.02. The third-order valence-corrected chi connectivity index (χ3v) is 4.32. The maximum atomic E-state index is 12.5. The summed E-state index contributed by atoms with van der Waals surface area (Å²) in [5.74, 6) is 0.397. The van der Waals surface area contributed by atoms with Crippen LogP contribution in [0.4, 0.5) is 0 Å². The maximum Gasteiger partial charge on any atom is 0.272 e. The number of hydrogen-bond donors (Lipinski definition) is 1. The van der Waals surface area contributed by atoms with Crippen molar-refractivity contribution in [3.05, 3.63) is 42.0 Å². The van der Waals surface area contributed by atoms with E-state index in [2.05, 4.69) is 15.0 Å². The highest BCUT2D eigenvalue weighted by atomic mass is 16.5. The van der Waals surface area contributed by atoms with Crippen molar-refractivity contribution in [3.8, 4) is 11.8 Å². The minimum absolute atomic E-state index is 0.143. The highest BCUT2D eigenvalue weighted by Gasteiger charge is 2.39. The lowest BCUT2D eigenvalue weighted by molar-refractivity contribution is -0.0266. The number of carbonyl (C=O) groups excluding carboxylic acids is 1. The van der Waals surface area contributed by atoms with Gasteiger partial charge in [-0.2, -0.15) is 4.98 Å². The van der Waals surface area contributed by atoms with E-state index in [1.165, 1.54) is 20.4 Å². The minimum atomic E-state index is -1.20. The smallest absolute Gasteiger partial charge is 0.272 e. The Bertz CT molecular complexity index is 746. The van der Waals surface area contributed by atoms with E-state index in [4.69, 9.17) is 9.47 Å². The van der Waals surface area contributed by atoms with E-state index in [0.717, 1.165) is 0 Å². The van der Waals surface area contributed by atoms with Gasteiger partial charge >= 0.3 is 0 Å². The number of aromatic nitrogens is 3. The van der Waals surface area contributed by atoms with Crippen LogP contribution in [0.15, 0.2) is 30.6 Å². The van der Waals surface area contributed by atoms with Crippen LogP contribution in [0.25, 0.3) is 0 Å². The normalized spacial score (nSPS) is 16.4. The van der Waals surface area contributed by atoms with Gasteiger partial charge < -0.3 is 19.5 Å². The van der Waals surface area contributed by atoms with Crippen LogP contribution in [0.5, 0.6) is 11.8 Å². The number of carbonyl (C=O) groups is 1. The largest absolute Gasteiger partial charge is 0.480 e. The molecule has 2 aromatic rings. The highest BCUT2D eigenvalue weighted by Crippen LogP contribution is 2.36. The van der Waals surface area contributed by atoms with Gasteiger partial charge in [-0.3, -0.25) is 9.78 Å². The number of ether oxygens (including phenoxy) is 2. The number of pyridine rings is 1. The monoisotopic (exact) mass is 344 g/mol. The minimum Gasteiger partial charge on any atom is -0.480 e. The van der Waals surface area contributed by atoms with Crippen molar-refractivity contribution in [3.63, 3.8) is 0 Å². The van der Waals surface area contributed by atoms with E-state index in [0.29, 0.717) is 43.2 Å². The summed E-state index contributed by atoms with van der Waals surface area (Å²) in [5.41, 5.74) is -0.443. The number of aliphatic hydroxyl groups is 1. The van der Waals surface area contributed by atoms with Gasteiger partial charge in [0.25, 0.3) is 5.91 Å². The lowest BCUT2D eigenvalue weighted by Gasteiger charge is -2.37. The van der Waals surface area contributed by atoms with Gasteiger partial charge in [-0.25, -0.2) is 4.98 Å². The predicted molar refractivity (Wildman–Crippen MR) is 88.4 cm³/mol. The Labute approximate surface area is 145 Å². The standard InChI is InChI=1S/C17H20N4O4/c1-24-13-11-19-14(15(20-13)25-2)17(23)6-9-21(10-7-17)16(22)12-5-3-4-8-18-12/h3-5,8,11,23H,6-7,9-10H2,1-2H3. The molecule has 8 heteroatoms. The van der Waals surface area contributed by atoms with Crippen molar-refractivity contribution in [1.29, 1.82) is 0 Å². The fraction of sp³-hybridized carbons (Fsp3) is 0.412. The lowest BCUT2D eigenvalue weighted by atomic mass is 9.88. The van der Waals surface area contributed by atoms with Crippen molar-refractivity contribution in [2.75, 3.05) is 27.3 Å². The summed E-state index contributed by atoms with van der Waals surface area (Å²) in [7, 11) is 2.95. The van der Waals surface area contributed by atoms with Crippen LogP contribution in [0.2, 0.25) is 0 Å². The van der Waals surface area contributed by atoms with Crippen LogP contribution in [0.1, 0.15) is 29.0 Å². The Morgan fingerprint density at radius 1 is 1.20 bits per heavy atom. The summed E-state index contributed by atoms with van der Waals surface area (Å²) in [6, 6.07) is 5.22. The van der Waals surface area contributed by atoms with Crippen molar-refractivity contribution in [1.82, 2.24) is 19.9 Å². The molecule has 3 heterocycles. The van der Waals surface area contributed by atoms with Crippen LogP contribution < -0.4 is 9.47 Å². The molecule has 132 valence electrons. The molecule has 3 rings (SSSR count). The molecule has 0 radical (unpaired) electrons. The average molecular weight is 344 g/mol. The maximum absolute atomic E-state index is 12.5. The van der Waals surface area contributed by atoms with Gasteiger partial charge in [0.15, 0.2) is 0 Å². The van der Waals surface area contributed by atoms with Crippen LogP contribution in [-0.4, -0.2) is 58.2 Å². The van der Waals surface area contributed by atoms with Crippen molar-refractivity contribution in [2.45, 2.75) is 18.4 Å². The van der Waals surface area contributed by atoms with E-state index in [-0.39, 0.29) is 11.8 Å². The molecule has 0 aromatic carbocycles. The molecule has 1 saturated heterocycles. The molecule has 1 N–H and O–H groups in total. The zero-order valence-electron chi connectivity index (χ0n) is 14.2. The van der Waals surface area contributed by atoms with Crippen molar-refractivity contribution in [2.24, 2.45) is 0 Å². The SMILES string of the molecule is COc1cnc(C2(O)CCN(C(=O)c3ccccn3)CC2)c(OC)n1. The molecule has 1 amide bonds.